The Hall–Kier alpha value is -1.35. The number of imidazole rings is 1. The molecule has 1 fully saturated rings. The van der Waals surface area contributed by atoms with E-state index in [4.69, 9.17) is 4.98 Å². The SMILES string of the molecule is Cc1cc(C)c2nc(C3CCCN3)n(C)c2c1. The van der Waals surface area contributed by atoms with Gasteiger partial charge in [-0.25, -0.2) is 4.98 Å². The van der Waals surface area contributed by atoms with Crippen molar-refractivity contribution in [2.75, 3.05) is 6.54 Å². The first-order valence-electron chi connectivity index (χ1n) is 6.34. The first kappa shape index (κ1) is 10.8. The fourth-order valence-corrected chi connectivity index (χ4v) is 2.87. The van der Waals surface area contributed by atoms with E-state index in [0.717, 1.165) is 12.1 Å². The molecule has 1 aliphatic rings. The van der Waals surface area contributed by atoms with Crippen molar-refractivity contribution in [3.8, 4) is 0 Å². The van der Waals surface area contributed by atoms with Crippen LogP contribution >= 0.6 is 0 Å². The maximum absolute atomic E-state index is 4.84. The highest BCUT2D eigenvalue weighted by atomic mass is 15.1. The molecule has 1 atom stereocenters. The summed E-state index contributed by atoms with van der Waals surface area (Å²) < 4.78 is 2.25. The minimum Gasteiger partial charge on any atom is -0.330 e. The summed E-state index contributed by atoms with van der Waals surface area (Å²) in [5, 5.41) is 3.53. The summed E-state index contributed by atoms with van der Waals surface area (Å²) in [5.74, 6) is 1.19. The molecule has 0 saturated carbocycles. The Balaban J connectivity index is 2.20. The second-order valence-electron chi connectivity index (χ2n) is 5.13. The van der Waals surface area contributed by atoms with Crippen LogP contribution in [0.4, 0.5) is 0 Å². The van der Waals surface area contributed by atoms with Gasteiger partial charge in [0.1, 0.15) is 5.82 Å². The van der Waals surface area contributed by atoms with Crippen LogP contribution in [0, 0.1) is 13.8 Å². The molecule has 0 bridgehead atoms. The predicted molar refractivity (Wildman–Crippen MR) is 70.2 cm³/mol. The quantitative estimate of drug-likeness (QED) is 0.814. The molecule has 3 nitrogen and oxygen atoms in total. The summed E-state index contributed by atoms with van der Waals surface area (Å²) in [5.41, 5.74) is 5.00. The topological polar surface area (TPSA) is 29.9 Å². The molecular formula is C14H19N3. The van der Waals surface area contributed by atoms with Gasteiger partial charge in [0.2, 0.25) is 0 Å². The molecular weight excluding hydrogens is 210 g/mol. The molecule has 0 amide bonds. The molecule has 1 aromatic carbocycles. The summed E-state index contributed by atoms with van der Waals surface area (Å²) in [6.45, 7) is 5.41. The van der Waals surface area contributed by atoms with Crippen molar-refractivity contribution in [1.82, 2.24) is 14.9 Å². The van der Waals surface area contributed by atoms with Crippen LogP contribution in [0.2, 0.25) is 0 Å². The lowest BCUT2D eigenvalue weighted by Crippen LogP contribution is -2.16. The minimum absolute atomic E-state index is 0.437. The van der Waals surface area contributed by atoms with Gasteiger partial charge in [0.15, 0.2) is 0 Å². The molecule has 1 N–H and O–H groups in total. The Bertz CT molecular complexity index is 562. The third kappa shape index (κ3) is 1.65. The molecule has 3 heteroatoms. The number of hydrogen-bond acceptors (Lipinski definition) is 2. The molecule has 3 rings (SSSR count). The van der Waals surface area contributed by atoms with E-state index in [0.29, 0.717) is 6.04 Å². The molecule has 1 aromatic heterocycles. The smallest absolute Gasteiger partial charge is 0.126 e. The predicted octanol–water partition coefficient (Wildman–Crippen LogP) is 2.61. The average molecular weight is 229 g/mol. The van der Waals surface area contributed by atoms with Gasteiger partial charge in [-0.3, -0.25) is 0 Å². The molecule has 2 heterocycles. The van der Waals surface area contributed by atoms with Crippen LogP contribution in [-0.2, 0) is 7.05 Å². The van der Waals surface area contributed by atoms with E-state index >= 15 is 0 Å². The Morgan fingerprint density at radius 3 is 2.88 bits per heavy atom. The summed E-state index contributed by atoms with van der Waals surface area (Å²) >= 11 is 0. The number of aryl methyl sites for hydroxylation is 3. The van der Waals surface area contributed by atoms with Crippen LogP contribution in [0.15, 0.2) is 12.1 Å². The normalized spacial score (nSPS) is 20.3. The fourth-order valence-electron chi connectivity index (χ4n) is 2.87. The fraction of sp³-hybridized carbons (Fsp3) is 0.500. The zero-order valence-corrected chi connectivity index (χ0v) is 10.7. The lowest BCUT2D eigenvalue weighted by atomic mass is 10.1. The van der Waals surface area contributed by atoms with Gasteiger partial charge in [-0.1, -0.05) is 6.07 Å². The third-order valence-corrected chi connectivity index (χ3v) is 3.73. The highest BCUT2D eigenvalue weighted by molar-refractivity contribution is 5.80. The van der Waals surface area contributed by atoms with Gasteiger partial charge in [0, 0.05) is 7.05 Å². The van der Waals surface area contributed by atoms with Crippen molar-refractivity contribution >= 4 is 11.0 Å². The molecule has 1 unspecified atom stereocenters. The van der Waals surface area contributed by atoms with Crippen LogP contribution in [0.3, 0.4) is 0 Å². The van der Waals surface area contributed by atoms with Crippen molar-refractivity contribution in [3.63, 3.8) is 0 Å². The van der Waals surface area contributed by atoms with Gasteiger partial charge in [-0.05, 0) is 50.4 Å². The lowest BCUT2D eigenvalue weighted by Gasteiger charge is -2.09. The maximum atomic E-state index is 4.84. The van der Waals surface area contributed by atoms with E-state index in [1.54, 1.807) is 0 Å². The molecule has 0 spiro atoms. The van der Waals surface area contributed by atoms with Crippen molar-refractivity contribution in [1.29, 1.82) is 0 Å². The Labute approximate surface area is 102 Å². The van der Waals surface area contributed by atoms with Crippen molar-refractivity contribution in [2.24, 2.45) is 7.05 Å². The van der Waals surface area contributed by atoms with Crippen molar-refractivity contribution in [3.05, 3.63) is 29.1 Å². The van der Waals surface area contributed by atoms with Crippen LogP contribution in [0.25, 0.3) is 11.0 Å². The van der Waals surface area contributed by atoms with E-state index in [1.807, 2.05) is 0 Å². The highest BCUT2D eigenvalue weighted by Gasteiger charge is 2.22. The summed E-state index contributed by atoms with van der Waals surface area (Å²) in [6, 6.07) is 4.88. The maximum Gasteiger partial charge on any atom is 0.126 e. The third-order valence-electron chi connectivity index (χ3n) is 3.73. The Kier molecular flexibility index (Phi) is 2.44. The van der Waals surface area contributed by atoms with Gasteiger partial charge < -0.3 is 9.88 Å². The first-order chi connectivity index (χ1) is 8.16. The van der Waals surface area contributed by atoms with Gasteiger partial charge in [0.25, 0.3) is 0 Å². The number of fused-ring (bicyclic) bond motifs is 1. The molecule has 2 aromatic rings. The van der Waals surface area contributed by atoms with Crippen molar-refractivity contribution < 1.29 is 0 Å². The highest BCUT2D eigenvalue weighted by Crippen LogP contribution is 2.27. The van der Waals surface area contributed by atoms with Gasteiger partial charge >= 0.3 is 0 Å². The van der Waals surface area contributed by atoms with Crippen LogP contribution < -0.4 is 5.32 Å². The largest absolute Gasteiger partial charge is 0.330 e. The first-order valence-corrected chi connectivity index (χ1v) is 6.34. The van der Waals surface area contributed by atoms with Crippen LogP contribution in [0.1, 0.15) is 35.8 Å². The monoisotopic (exact) mass is 229 g/mol. The van der Waals surface area contributed by atoms with E-state index in [2.05, 4.69) is 42.9 Å². The number of hydrogen-bond donors (Lipinski definition) is 1. The van der Waals surface area contributed by atoms with E-state index in [9.17, 15) is 0 Å². The number of nitrogens with one attached hydrogen (secondary N) is 1. The standard InChI is InChI=1S/C14H19N3/c1-9-7-10(2)13-12(8-9)17(3)14(16-13)11-5-4-6-15-11/h7-8,11,15H,4-6H2,1-3H3. The zero-order chi connectivity index (χ0) is 12.0. The summed E-state index contributed by atoms with van der Waals surface area (Å²) in [7, 11) is 2.13. The Morgan fingerprint density at radius 2 is 2.18 bits per heavy atom. The lowest BCUT2D eigenvalue weighted by molar-refractivity contribution is 0.584. The molecule has 0 aliphatic carbocycles. The van der Waals surface area contributed by atoms with E-state index < -0.39 is 0 Å². The second-order valence-corrected chi connectivity index (χ2v) is 5.13. The van der Waals surface area contributed by atoms with Crippen LogP contribution in [0.5, 0.6) is 0 Å². The summed E-state index contributed by atoms with van der Waals surface area (Å²) in [6.07, 6.45) is 2.46. The molecule has 1 saturated heterocycles. The van der Waals surface area contributed by atoms with Gasteiger partial charge in [-0.2, -0.15) is 0 Å². The van der Waals surface area contributed by atoms with E-state index in [-0.39, 0.29) is 0 Å². The number of rotatable bonds is 1. The van der Waals surface area contributed by atoms with Gasteiger partial charge in [0.05, 0.1) is 17.1 Å². The van der Waals surface area contributed by atoms with Gasteiger partial charge in [-0.15, -0.1) is 0 Å². The van der Waals surface area contributed by atoms with Crippen molar-refractivity contribution in [2.45, 2.75) is 32.7 Å². The summed E-state index contributed by atoms with van der Waals surface area (Å²) in [4.78, 5) is 4.84. The molecule has 0 radical (unpaired) electrons. The second kappa shape index (κ2) is 3.84. The molecule has 90 valence electrons. The molecule has 1 aliphatic heterocycles. The number of nitrogens with zero attached hydrogens (tertiary/aromatic N) is 2. The Morgan fingerprint density at radius 1 is 1.35 bits per heavy atom. The van der Waals surface area contributed by atoms with E-state index in [1.165, 1.54) is 35.3 Å². The molecule has 17 heavy (non-hydrogen) atoms. The number of aromatic nitrogens is 2. The number of benzene rings is 1. The van der Waals surface area contributed by atoms with Crippen LogP contribution in [-0.4, -0.2) is 16.1 Å². The average Bonchev–Trinajstić information content (AvgIpc) is 2.87. The zero-order valence-electron chi connectivity index (χ0n) is 10.7. The minimum atomic E-state index is 0.437.